The summed E-state index contributed by atoms with van der Waals surface area (Å²) in [5.74, 6) is 0.380. The summed E-state index contributed by atoms with van der Waals surface area (Å²) in [6.07, 6.45) is 2.93. The Bertz CT molecular complexity index is 1010. The molecule has 0 aliphatic heterocycles. The Morgan fingerprint density at radius 2 is 2.17 bits per heavy atom. The number of fused-ring (bicyclic) bond motifs is 1. The summed E-state index contributed by atoms with van der Waals surface area (Å²) >= 11 is 1.36. The van der Waals surface area contributed by atoms with Crippen LogP contribution in [0.5, 0.6) is 0 Å². The maximum Gasteiger partial charge on any atom is 0.350 e. The first-order valence-corrected chi connectivity index (χ1v) is 10.5. The molecule has 154 valence electrons. The molecule has 7 nitrogen and oxygen atoms in total. The molecule has 29 heavy (non-hydrogen) atoms. The highest BCUT2D eigenvalue weighted by Crippen LogP contribution is 2.24. The number of thiazole rings is 1. The number of ether oxygens (including phenoxy) is 1. The first kappa shape index (κ1) is 20.9. The second-order valence-electron chi connectivity index (χ2n) is 6.66. The number of carbonyl (C=O) groups is 1. The Balaban J connectivity index is 1.57. The molecule has 0 aliphatic rings. The van der Waals surface area contributed by atoms with E-state index in [9.17, 15) is 4.79 Å². The van der Waals surface area contributed by atoms with E-state index in [2.05, 4.69) is 50.0 Å². The first-order chi connectivity index (χ1) is 14.0. The predicted molar refractivity (Wildman–Crippen MR) is 118 cm³/mol. The minimum Gasteiger partial charge on any atom is -0.462 e. The maximum atomic E-state index is 12.0. The van der Waals surface area contributed by atoms with E-state index in [1.54, 1.807) is 14.0 Å². The number of aromatic amines is 1. The molecule has 0 saturated heterocycles. The molecular weight excluding hydrogens is 386 g/mol. The zero-order chi connectivity index (χ0) is 20.8. The fourth-order valence-electron chi connectivity index (χ4n) is 3.10. The van der Waals surface area contributed by atoms with Crippen molar-refractivity contribution in [2.24, 2.45) is 4.99 Å². The number of guanidine groups is 1. The molecule has 8 heteroatoms. The van der Waals surface area contributed by atoms with Crippen LogP contribution in [0, 0.1) is 6.92 Å². The predicted octanol–water partition coefficient (Wildman–Crippen LogP) is 3.58. The molecule has 1 aromatic carbocycles. The van der Waals surface area contributed by atoms with Gasteiger partial charge in [-0.2, -0.15) is 0 Å². The van der Waals surface area contributed by atoms with Crippen LogP contribution < -0.4 is 10.6 Å². The average molecular weight is 414 g/mol. The second-order valence-corrected chi connectivity index (χ2v) is 7.69. The lowest BCUT2D eigenvalue weighted by atomic mass is 10.1. The van der Waals surface area contributed by atoms with Crippen LogP contribution in [0.4, 0.5) is 0 Å². The number of hydrogen-bond donors (Lipinski definition) is 3. The van der Waals surface area contributed by atoms with Crippen molar-refractivity contribution >= 4 is 34.2 Å². The van der Waals surface area contributed by atoms with Gasteiger partial charge in [0, 0.05) is 30.7 Å². The number of nitrogens with one attached hydrogen (secondary N) is 3. The van der Waals surface area contributed by atoms with E-state index in [0.717, 1.165) is 23.5 Å². The van der Waals surface area contributed by atoms with E-state index in [1.807, 2.05) is 19.9 Å². The Labute approximate surface area is 174 Å². The number of H-pyrrole nitrogens is 1. The molecule has 2 heterocycles. The van der Waals surface area contributed by atoms with Gasteiger partial charge in [-0.1, -0.05) is 18.2 Å². The Morgan fingerprint density at radius 1 is 1.38 bits per heavy atom. The van der Waals surface area contributed by atoms with Crippen LogP contribution in [0.15, 0.2) is 35.5 Å². The molecule has 3 N–H and O–H groups in total. The van der Waals surface area contributed by atoms with Gasteiger partial charge in [-0.3, -0.25) is 4.99 Å². The van der Waals surface area contributed by atoms with Gasteiger partial charge < -0.3 is 20.4 Å². The van der Waals surface area contributed by atoms with Crippen LogP contribution in [-0.2, 0) is 11.2 Å². The highest BCUT2D eigenvalue weighted by molar-refractivity contribution is 7.13. The molecule has 3 aromatic rings. The molecule has 0 bridgehead atoms. The molecule has 0 aliphatic carbocycles. The number of benzene rings is 1. The van der Waals surface area contributed by atoms with Crippen LogP contribution in [0.3, 0.4) is 0 Å². The molecule has 1 unspecified atom stereocenters. The quantitative estimate of drug-likeness (QED) is 0.313. The molecule has 3 rings (SSSR count). The lowest BCUT2D eigenvalue weighted by molar-refractivity contribution is 0.0531. The monoisotopic (exact) mass is 413 g/mol. The second kappa shape index (κ2) is 9.56. The maximum absolute atomic E-state index is 12.0. The number of rotatable bonds is 7. The zero-order valence-corrected chi connectivity index (χ0v) is 18.0. The first-order valence-electron chi connectivity index (χ1n) is 9.70. The highest BCUT2D eigenvalue weighted by Gasteiger charge is 2.20. The number of para-hydroxylation sites is 1. The van der Waals surface area contributed by atoms with Crippen molar-refractivity contribution in [1.82, 2.24) is 20.6 Å². The standard InChI is InChI=1S/C21H27N5O2S/c1-5-28-20(27)18-13(2)25-19(29-18)14(3)26-21(22-4)23-11-10-15-12-24-17-9-7-6-8-16(15)17/h6-9,12,14,24H,5,10-11H2,1-4H3,(H2,22,23,26). The molecule has 2 aromatic heterocycles. The van der Waals surface area contributed by atoms with Crippen molar-refractivity contribution in [3.8, 4) is 0 Å². The summed E-state index contributed by atoms with van der Waals surface area (Å²) in [5, 5.41) is 8.76. The number of carbonyl (C=O) groups excluding carboxylic acids is 1. The Hall–Kier alpha value is -2.87. The SMILES string of the molecule is CCOC(=O)c1sc(C(C)NC(=NC)NCCc2c[nH]c3ccccc23)nc1C. The topological polar surface area (TPSA) is 91.4 Å². The van der Waals surface area contributed by atoms with Gasteiger partial charge in [0.1, 0.15) is 9.88 Å². The van der Waals surface area contributed by atoms with Gasteiger partial charge in [-0.25, -0.2) is 9.78 Å². The molecule has 0 radical (unpaired) electrons. The largest absolute Gasteiger partial charge is 0.462 e. The summed E-state index contributed by atoms with van der Waals surface area (Å²) in [6.45, 7) is 6.73. The third kappa shape index (κ3) is 4.95. The number of esters is 1. The number of nitrogens with zero attached hydrogens (tertiary/aromatic N) is 2. The van der Waals surface area contributed by atoms with E-state index in [4.69, 9.17) is 4.74 Å². The third-order valence-corrected chi connectivity index (χ3v) is 5.90. The molecule has 0 spiro atoms. The van der Waals surface area contributed by atoms with E-state index < -0.39 is 0 Å². The van der Waals surface area contributed by atoms with Gasteiger partial charge in [-0.15, -0.1) is 11.3 Å². The average Bonchev–Trinajstić information content (AvgIpc) is 3.31. The Morgan fingerprint density at radius 3 is 2.93 bits per heavy atom. The van der Waals surface area contributed by atoms with Gasteiger partial charge in [0.05, 0.1) is 18.3 Å². The fraction of sp³-hybridized carbons (Fsp3) is 0.381. The van der Waals surface area contributed by atoms with Crippen LogP contribution in [0.25, 0.3) is 10.9 Å². The summed E-state index contributed by atoms with van der Waals surface area (Å²) in [4.78, 5) is 24.7. The van der Waals surface area contributed by atoms with Crippen molar-refractivity contribution in [2.45, 2.75) is 33.2 Å². The highest BCUT2D eigenvalue weighted by atomic mass is 32.1. The smallest absolute Gasteiger partial charge is 0.350 e. The fourth-order valence-corrected chi connectivity index (χ4v) is 4.07. The van der Waals surface area contributed by atoms with Gasteiger partial charge in [-0.05, 0) is 38.8 Å². The molecule has 1 atom stereocenters. The normalized spacial score (nSPS) is 12.8. The van der Waals surface area contributed by atoms with Crippen molar-refractivity contribution in [3.63, 3.8) is 0 Å². The summed E-state index contributed by atoms with van der Waals surface area (Å²) in [7, 11) is 1.74. The molecule has 0 fully saturated rings. The van der Waals surface area contributed by atoms with Crippen molar-refractivity contribution in [3.05, 3.63) is 51.6 Å². The van der Waals surface area contributed by atoms with Gasteiger partial charge in [0.2, 0.25) is 0 Å². The summed E-state index contributed by atoms with van der Waals surface area (Å²) in [5.41, 5.74) is 3.11. The minimum atomic E-state index is -0.317. The van der Waals surface area contributed by atoms with E-state index >= 15 is 0 Å². The zero-order valence-electron chi connectivity index (χ0n) is 17.2. The number of aryl methyl sites for hydroxylation is 1. The van der Waals surface area contributed by atoms with Gasteiger partial charge >= 0.3 is 5.97 Å². The Kier molecular flexibility index (Phi) is 6.87. The van der Waals surface area contributed by atoms with Gasteiger partial charge in [0.15, 0.2) is 5.96 Å². The molecular formula is C21H27N5O2S. The van der Waals surface area contributed by atoms with E-state index in [-0.39, 0.29) is 12.0 Å². The van der Waals surface area contributed by atoms with E-state index in [1.165, 1.54) is 22.3 Å². The van der Waals surface area contributed by atoms with Crippen molar-refractivity contribution in [1.29, 1.82) is 0 Å². The molecule has 0 saturated carbocycles. The van der Waals surface area contributed by atoms with Crippen LogP contribution in [0.1, 0.15) is 45.8 Å². The van der Waals surface area contributed by atoms with Gasteiger partial charge in [0.25, 0.3) is 0 Å². The number of hydrogen-bond acceptors (Lipinski definition) is 5. The number of aliphatic imine (C=N–C) groups is 1. The summed E-state index contributed by atoms with van der Waals surface area (Å²) in [6, 6.07) is 8.20. The molecule has 0 amide bonds. The van der Waals surface area contributed by atoms with E-state index in [0.29, 0.717) is 23.1 Å². The van der Waals surface area contributed by atoms with Crippen LogP contribution >= 0.6 is 11.3 Å². The van der Waals surface area contributed by atoms with Crippen molar-refractivity contribution < 1.29 is 9.53 Å². The van der Waals surface area contributed by atoms with Crippen molar-refractivity contribution in [2.75, 3.05) is 20.2 Å². The number of aromatic nitrogens is 2. The summed E-state index contributed by atoms with van der Waals surface area (Å²) < 4.78 is 5.10. The minimum absolute atomic E-state index is 0.0823. The lowest BCUT2D eigenvalue weighted by Gasteiger charge is -2.16. The third-order valence-electron chi connectivity index (χ3n) is 4.58. The lowest BCUT2D eigenvalue weighted by Crippen LogP contribution is -2.39. The van der Waals surface area contributed by atoms with Crippen LogP contribution in [-0.4, -0.2) is 42.1 Å². The van der Waals surface area contributed by atoms with Crippen LogP contribution in [0.2, 0.25) is 0 Å².